The fourth-order valence-corrected chi connectivity index (χ4v) is 2.71. The summed E-state index contributed by atoms with van der Waals surface area (Å²) in [4.78, 5) is 2.11. The van der Waals surface area contributed by atoms with E-state index in [-0.39, 0.29) is 5.56 Å². The van der Waals surface area contributed by atoms with E-state index in [2.05, 4.69) is 11.8 Å². The molecule has 1 aromatic rings. The zero-order valence-corrected chi connectivity index (χ0v) is 11.4. The molecule has 1 unspecified atom stereocenters. The third kappa shape index (κ3) is 3.06. The van der Waals surface area contributed by atoms with E-state index in [9.17, 15) is 13.2 Å². The maximum absolute atomic E-state index is 12.8. The second kappa shape index (κ2) is 5.74. The summed E-state index contributed by atoms with van der Waals surface area (Å²) in [5.41, 5.74) is -0.443. The summed E-state index contributed by atoms with van der Waals surface area (Å²) in [5, 5.41) is 8.96. The van der Waals surface area contributed by atoms with Crippen molar-refractivity contribution in [3.63, 3.8) is 0 Å². The predicted octanol–water partition coefficient (Wildman–Crippen LogP) is 4.35. The van der Waals surface area contributed by atoms with Gasteiger partial charge in [-0.1, -0.05) is 12.8 Å². The Morgan fingerprint density at radius 2 is 2.00 bits per heavy atom. The fraction of sp³-hybridized carbons (Fsp3) is 0.533. The number of anilines is 1. The zero-order valence-electron chi connectivity index (χ0n) is 11.4. The highest BCUT2D eigenvalue weighted by Gasteiger charge is 2.34. The summed E-state index contributed by atoms with van der Waals surface area (Å²) in [5.74, 6) is 0. The lowest BCUT2D eigenvalue weighted by atomic mass is 10.1. The number of alkyl halides is 3. The van der Waals surface area contributed by atoms with Crippen molar-refractivity contribution >= 4 is 5.69 Å². The topological polar surface area (TPSA) is 27.0 Å². The first-order chi connectivity index (χ1) is 9.43. The van der Waals surface area contributed by atoms with Gasteiger partial charge in [0.05, 0.1) is 17.2 Å². The molecule has 0 aliphatic carbocycles. The lowest BCUT2D eigenvalue weighted by molar-refractivity contribution is -0.137. The maximum Gasteiger partial charge on any atom is 0.417 e. The summed E-state index contributed by atoms with van der Waals surface area (Å²) < 4.78 is 38.4. The average Bonchev–Trinajstić information content (AvgIpc) is 2.61. The molecule has 1 aromatic carbocycles. The average molecular weight is 282 g/mol. The quantitative estimate of drug-likeness (QED) is 0.766. The molecule has 0 bridgehead atoms. The lowest BCUT2D eigenvalue weighted by Gasteiger charge is -2.30. The van der Waals surface area contributed by atoms with Gasteiger partial charge in [-0.15, -0.1) is 0 Å². The SMILES string of the molecule is CC1CCCCCN1c1ccc(C(F)(F)F)c(C#N)c1. The first kappa shape index (κ1) is 14.7. The summed E-state index contributed by atoms with van der Waals surface area (Å²) >= 11 is 0. The summed E-state index contributed by atoms with van der Waals surface area (Å²) in [6.07, 6.45) is -0.125. The molecule has 108 valence electrons. The first-order valence-corrected chi connectivity index (χ1v) is 6.81. The molecule has 1 heterocycles. The predicted molar refractivity (Wildman–Crippen MR) is 71.4 cm³/mol. The smallest absolute Gasteiger partial charge is 0.369 e. The van der Waals surface area contributed by atoms with Crippen LogP contribution in [0.1, 0.15) is 43.7 Å². The van der Waals surface area contributed by atoms with Crippen LogP contribution in [0.5, 0.6) is 0 Å². The molecular weight excluding hydrogens is 265 g/mol. The van der Waals surface area contributed by atoms with Crippen LogP contribution in [0.15, 0.2) is 18.2 Å². The fourth-order valence-electron chi connectivity index (χ4n) is 2.71. The maximum atomic E-state index is 12.8. The van der Waals surface area contributed by atoms with Crippen LogP contribution in [-0.4, -0.2) is 12.6 Å². The minimum Gasteiger partial charge on any atom is -0.369 e. The number of nitrogens with zero attached hydrogens (tertiary/aromatic N) is 2. The van der Waals surface area contributed by atoms with Crippen LogP contribution < -0.4 is 4.90 Å². The Labute approximate surface area is 116 Å². The Kier molecular flexibility index (Phi) is 4.22. The lowest BCUT2D eigenvalue weighted by Crippen LogP contribution is -2.32. The van der Waals surface area contributed by atoms with Gasteiger partial charge in [0, 0.05) is 18.3 Å². The van der Waals surface area contributed by atoms with Crippen molar-refractivity contribution in [2.75, 3.05) is 11.4 Å². The molecule has 1 saturated heterocycles. The monoisotopic (exact) mass is 282 g/mol. The van der Waals surface area contributed by atoms with E-state index < -0.39 is 11.7 Å². The van der Waals surface area contributed by atoms with Gasteiger partial charge in [0.2, 0.25) is 0 Å². The van der Waals surface area contributed by atoms with Crippen molar-refractivity contribution < 1.29 is 13.2 Å². The normalized spacial score (nSPS) is 20.4. The molecular formula is C15H17F3N2. The van der Waals surface area contributed by atoms with Crippen molar-refractivity contribution in [2.24, 2.45) is 0 Å². The Morgan fingerprint density at radius 1 is 1.25 bits per heavy atom. The molecule has 0 saturated carbocycles. The molecule has 2 rings (SSSR count). The highest BCUT2D eigenvalue weighted by Crippen LogP contribution is 2.34. The molecule has 0 N–H and O–H groups in total. The van der Waals surface area contributed by atoms with Crippen LogP contribution in [0, 0.1) is 11.3 Å². The third-order valence-corrected chi connectivity index (χ3v) is 3.81. The van der Waals surface area contributed by atoms with Crippen LogP contribution >= 0.6 is 0 Å². The van der Waals surface area contributed by atoms with Crippen LogP contribution in [0.3, 0.4) is 0 Å². The van der Waals surface area contributed by atoms with Crippen molar-refractivity contribution in [2.45, 2.75) is 44.8 Å². The van der Waals surface area contributed by atoms with E-state index in [1.165, 1.54) is 12.1 Å². The number of nitriles is 1. The highest BCUT2D eigenvalue weighted by atomic mass is 19.4. The molecule has 1 fully saturated rings. The standard InChI is InChI=1S/C15H17F3N2/c1-11-5-3-2-4-8-20(11)13-6-7-14(15(16,17)18)12(9-13)10-19/h6-7,9,11H,2-5,8H2,1H3. The second-order valence-electron chi connectivity index (χ2n) is 5.23. The Bertz CT molecular complexity index is 517. The van der Waals surface area contributed by atoms with E-state index in [1.807, 2.05) is 0 Å². The summed E-state index contributed by atoms with van der Waals surface area (Å²) in [6.45, 7) is 2.91. The Balaban J connectivity index is 2.36. The number of rotatable bonds is 1. The van der Waals surface area contributed by atoms with Gasteiger partial charge in [0.1, 0.15) is 0 Å². The number of hydrogen-bond donors (Lipinski definition) is 0. The third-order valence-electron chi connectivity index (χ3n) is 3.81. The molecule has 1 aliphatic rings. The van der Waals surface area contributed by atoms with Gasteiger partial charge in [0.15, 0.2) is 0 Å². The van der Waals surface area contributed by atoms with E-state index >= 15 is 0 Å². The molecule has 2 nitrogen and oxygen atoms in total. The van der Waals surface area contributed by atoms with E-state index in [0.29, 0.717) is 11.7 Å². The van der Waals surface area contributed by atoms with Crippen molar-refractivity contribution in [1.29, 1.82) is 5.26 Å². The van der Waals surface area contributed by atoms with Gasteiger partial charge in [-0.05, 0) is 38.0 Å². The van der Waals surface area contributed by atoms with Gasteiger partial charge in [-0.2, -0.15) is 18.4 Å². The number of benzene rings is 1. The summed E-state index contributed by atoms with van der Waals surface area (Å²) in [7, 11) is 0. The van der Waals surface area contributed by atoms with Gasteiger partial charge in [0.25, 0.3) is 0 Å². The molecule has 5 heteroatoms. The highest BCUT2D eigenvalue weighted by molar-refractivity contribution is 5.56. The summed E-state index contributed by atoms with van der Waals surface area (Å²) in [6, 6.07) is 5.82. The Morgan fingerprint density at radius 3 is 2.65 bits per heavy atom. The van der Waals surface area contributed by atoms with Crippen LogP contribution in [-0.2, 0) is 6.18 Å². The van der Waals surface area contributed by atoms with Crippen LogP contribution in [0.4, 0.5) is 18.9 Å². The van der Waals surface area contributed by atoms with Crippen molar-refractivity contribution in [1.82, 2.24) is 0 Å². The van der Waals surface area contributed by atoms with Gasteiger partial charge in [-0.25, -0.2) is 0 Å². The van der Waals surface area contributed by atoms with Crippen molar-refractivity contribution in [3.05, 3.63) is 29.3 Å². The van der Waals surface area contributed by atoms with Crippen LogP contribution in [0.2, 0.25) is 0 Å². The van der Waals surface area contributed by atoms with E-state index in [1.54, 1.807) is 6.07 Å². The largest absolute Gasteiger partial charge is 0.417 e. The Hall–Kier alpha value is -1.70. The first-order valence-electron chi connectivity index (χ1n) is 6.81. The molecule has 0 aromatic heterocycles. The van der Waals surface area contributed by atoms with Crippen molar-refractivity contribution in [3.8, 4) is 6.07 Å². The molecule has 0 spiro atoms. The van der Waals surface area contributed by atoms with E-state index in [4.69, 9.17) is 5.26 Å². The van der Waals surface area contributed by atoms with Gasteiger partial charge in [-0.3, -0.25) is 0 Å². The molecule has 1 aliphatic heterocycles. The number of halogens is 3. The molecule has 1 atom stereocenters. The second-order valence-corrected chi connectivity index (χ2v) is 5.23. The minimum absolute atomic E-state index is 0.292. The van der Waals surface area contributed by atoms with Gasteiger partial charge >= 0.3 is 6.18 Å². The van der Waals surface area contributed by atoms with Gasteiger partial charge < -0.3 is 4.90 Å². The molecule has 0 radical (unpaired) electrons. The molecule has 0 amide bonds. The van der Waals surface area contributed by atoms with Crippen LogP contribution in [0.25, 0.3) is 0 Å². The zero-order chi connectivity index (χ0) is 14.8. The number of hydrogen-bond acceptors (Lipinski definition) is 2. The van der Waals surface area contributed by atoms with E-state index in [0.717, 1.165) is 38.3 Å². The minimum atomic E-state index is -4.48. The molecule has 20 heavy (non-hydrogen) atoms.